The molecule has 30 heavy (non-hydrogen) atoms. The SMILES string of the molecule is CC(CC1CC2C=CCCC1C2)[Si](C)(C)O[Si](C)(C)CCC12CCC=CC(CC1)C2. The van der Waals surface area contributed by atoms with E-state index in [4.69, 9.17) is 4.12 Å². The Hall–Kier alpha value is -0.126. The van der Waals surface area contributed by atoms with Gasteiger partial charge in [-0.05, 0) is 137 Å². The van der Waals surface area contributed by atoms with Crippen LogP contribution in [0.5, 0.6) is 0 Å². The van der Waals surface area contributed by atoms with Crippen molar-refractivity contribution in [3.8, 4) is 0 Å². The van der Waals surface area contributed by atoms with E-state index < -0.39 is 16.6 Å². The molecule has 4 rings (SSSR count). The highest BCUT2D eigenvalue weighted by Gasteiger charge is 2.44. The molecule has 0 aromatic carbocycles. The maximum atomic E-state index is 7.21. The third-order valence-corrected chi connectivity index (χ3v) is 18.0. The summed E-state index contributed by atoms with van der Waals surface area (Å²) in [6, 6.07) is 1.38. The Labute approximate surface area is 189 Å². The van der Waals surface area contributed by atoms with Gasteiger partial charge < -0.3 is 4.12 Å². The largest absolute Gasteiger partial charge is 0.455 e. The van der Waals surface area contributed by atoms with Gasteiger partial charge in [-0.15, -0.1) is 0 Å². The van der Waals surface area contributed by atoms with Gasteiger partial charge in [0.15, 0.2) is 16.6 Å². The molecule has 0 amide bonds. The van der Waals surface area contributed by atoms with Crippen LogP contribution < -0.4 is 0 Å². The molecule has 0 aromatic heterocycles. The van der Waals surface area contributed by atoms with Gasteiger partial charge in [-0.3, -0.25) is 0 Å². The maximum Gasteiger partial charge on any atom is 0.176 e. The highest BCUT2D eigenvalue weighted by atomic mass is 28.4. The van der Waals surface area contributed by atoms with E-state index in [-0.39, 0.29) is 0 Å². The molecule has 4 aliphatic carbocycles. The molecule has 1 nitrogen and oxygen atoms in total. The molecule has 6 unspecified atom stereocenters. The van der Waals surface area contributed by atoms with Gasteiger partial charge in [0.1, 0.15) is 0 Å². The molecular weight excluding hydrogens is 396 g/mol. The number of hydrogen-bond donors (Lipinski definition) is 0. The Morgan fingerprint density at radius 2 is 1.73 bits per heavy atom. The normalized spacial score (nSPS) is 37.2. The molecule has 0 spiro atoms. The molecule has 0 aliphatic heterocycles. The Morgan fingerprint density at radius 1 is 0.967 bits per heavy atom. The van der Waals surface area contributed by atoms with E-state index in [2.05, 4.69) is 57.4 Å². The Kier molecular flexibility index (Phi) is 6.93. The first-order valence-corrected chi connectivity index (χ1v) is 19.3. The van der Waals surface area contributed by atoms with E-state index in [0.717, 1.165) is 29.2 Å². The van der Waals surface area contributed by atoms with Gasteiger partial charge in [-0.1, -0.05) is 31.2 Å². The monoisotopic (exact) mass is 444 g/mol. The van der Waals surface area contributed by atoms with Crippen LogP contribution in [0, 0.1) is 29.1 Å². The average molecular weight is 445 g/mol. The smallest absolute Gasteiger partial charge is 0.176 e. The van der Waals surface area contributed by atoms with E-state index in [1.807, 2.05) is 0 Å². The Bertz CT molecular complexity index is 651. The first kappa shape index (κ1) is 23.0. The van der Waals surface area contributed by atoms with E-state index in [0.29, 0.717) is 5.41 Å². The van der Waals surface area contributed by atoms with E-state index >= 15 is 0 Å². The van der Waals surface area contributed by atoms with Crippen molar-refractivity contribution in [2.75, 3.05) is 0 Å². The summed E-state index contributed by atoms with van der Waals surface area (Å²) in [5.41, 5.74) is 1.43. The number of rotatable bonds is 8. The van der Waals surface area contributed by atoms with Gasteiger partial charge in [0, 0.05) is 0 Å². The lowest BCUT2D eigenvalue weighted by molar-refractivity contribution is 0.256. The molecule has 2 saturated carbocycles. The van der Waals surface area contributed by atoms with Crippen molar-refractivity contribution in [3.63, 3.8) is 0 Å². The van der Waals surface area contributed by atoms with Crippen LogP contribution in [0.1, 0.15) is 77.6 Å². The van der Waals surface area contributed by atoms with Crippen LogP contribution >= 0.6 is 0 Å². The zero-order valence-corrected chi connectivity index (χ0v) is 22.6. The lowest BCUT2D eigenvalue weighted by atomic mass is 9.79. The predicted octanol–water partition coefficient (Wildman–Crippen LogP) is 8.71. The van der Waals surface area contributed by atoms with Crippen LogP contribution in [-0.2, 0) is 4.12 Å². The van der Waals surface area contributed by atoms with Gasteiger partial charge >= 0.3 is 0 Å². The van der Waals surface area contributed by atoms with E-state index in [1.54, 1.807) is 0 Å². The highest BCUT2D eigenvalue weighted by molar-refractivity contribution is 6.85. The molecule has 6 atom stereocenters. The Morgan fingerprint density at radius 3 is 2.57 bits per heavy atom. The summed E-state index contributed by atoms with van der Waals surface area (Å²) in [6.45, 7) is 12.7. The van der Waals surface area contributed by atoms with Crippen molar-refractivity contribution in [1.29, 1.82) is 0 Å². The van der Waals surface area contributed by atoms with Crippen molar-refractivity contribution in [3.05, 3.63) is 24.3 Å². The molecule has 0 heterocycles. The number of hydrogen-bond acceptors (Lipinski definition) is 1. The van der Waals surface area contributed by atoms with Gasteiger partial charge in [-0.2, -0.15) is 0 Å². The lowest BCUT2D eigenvalue weighted by Crippen LogP contribution is -2.47. The maximum absolute atomic E-state index is 7.21. The average Bonchev–Trinajstić information content (AvgIpc) is 3.04. The van der Waals surface area contributed by atoms with Gasteiger partial charge in [0.2, 0.25) is 0 Å². The molecule has 4 aliphatic rings. The van der Waals surface area contributed by atoms with Gasteiger partial charge in [0.05, 0.1) is 0 Å². The van der Waals surface area contributed by atoms with Crippen LogP contribution in [0.15, 0.2) is 24.3 Å². The molecule has 0 aromatic rings. The summed E-state index contributed by atoms with van der Waals surface area (Å²) in [5, 5.41) is 0. The van der Waals surface area contributed by atoms with Crippen molar-refractivity contribution in [1.82, 2.24) is 0 Å². The molecule has 0 saturated heterocycles. The fourth-order valence-electron chi connectivity index (χ4n) is 7.50. The summed E-state index contributed by atoms with van der Waals surface area (Å²) in [5.74, 6) is 3.72. The summed E-state index contributed by atoms with van der Waals surface area (Å²) < 4.78 is 7.21. The van der Waals surface area contributed by atoms with Crippen LogP contribution in [-0.4, -0.2) is 16.6 Å². The summed E-state index contributed by atoms with van der Waals surface area (Å²) in [6.07, 6.45) is 25.7. The number of fused-ring (bicyclic) bond motifs is 4. The van der Waals surface area contributed by atoms with Crippen LogP contribution in [0.25, 0.3) is 0 Å². The van der Waals surface area contributed by atoms with Gasteiger partial charge in [0.25, 0.3) is 0 Å². The second-order valence-electron chi connectivity index (χ2n) is 12.8. The summed E-state index contributed by atoms with van der Waals surface area (Å²) >= 11 is 0. The van der Waals surface area contributed by atoms with Crippen molar-refractivity contribution >= 4 is 16.6 Å². The second-order valence-corrected chi connectivity index (χ2v) is 21.9. The fourth-order valence-corrected chi connectivity index (χ4v) is 16.4. The minimum atomic E-state index is -1.66. The molecular formula is C27H48OSi2. The molecule has 170 valence electrons. The third kappa shape index (κ3) is 5.43. The standard InChI is InChI=1S/C27H48OSi2/c1-22(18-26-20-24-11-6-7-12-25(26)19-24)30(4,5)28-29(2,3)17-16-27-14-9-8-10-23(21-27)13-15-27/h6,8,10-11,22-26H,7,9,12-21H2,1-5H3. The van der Waals surface area contributed by atoms with E-state index in [1.165, 1.54) is 76.7 Å². The van der Waals surface area contributed by atoms with Crippen molar-refractivity contribution < 1.29 is 4.12 Å². The summed E-state index contributed by atoms with van der Waals surface area (Å²) in [7, 11) is -3.26. The zero-order chi connectivity index (χ0) is 21.4. The van der Waals surface area contributed by atoms with Gasteiger partial charge in [-0.25, -0.2) is 0 Å². The second kappa shape index (κ2) is 9.02. The minimum Gasteiger partial charge on any atom is -0.455 e. The van der Waals surface area contributed by atoms with Crippen molar-refractivity contribution in [2.24, 2.45) is 29.1 Å². The van der Waals surface area contributed by atoms with Crippen molar-refractivity contribution in [2.45, 2.75) is 115 Å². The summed E-state index contributed by atoms with van der Waals surface area (Å²) in [4.78, 5) is 0. The lowest BCUT2D eigenvalue weighted by Gasteiger charge is -2.41. The first-order valence-electron chi connectivity index (χ1n) is 13.2. The fraction of sp³-hybridized carbons (Fsp3) is 0.852. The molecule has 2 fully saturated rings. The van der Waals surface area contributed by atoms with Crippen LogP contribution in [0.3, 0.4) is 0 Å². The van der Waals surface area contributed by atoms with Crippen LogP contribution in [0.2, 0.25) is 37.8 Å². The van der Waals surface area contributed by atoms with Crippen LogP contribution in [0.4, 0.5) is 0 Å². The first-order chi connectivity index (χ1) is 14.2. The molecule has 0 radical (unpaired) electrons. The third-order valence-electron chi connectivity index (χ3n) is 9.62. The predicted molar refractivity (Wildman–Crippen MR) is 136 cm³/mol. The highest BCUT2D eigenvalue weighted by Crippen LogP contribution is 2.52. The zero-order valence-electron chi connectivity index (χ0n) is 20.6. The molecule has 0 N–H and O–H groups in total. The molecule has 3 heteroatoms. The number of allylic oxidation sites excluding steroid dienone is 4. The van der Waals surface area contributed by atoms with E-state index in [9.17, 15) is 0 Å². The topological polar surface area (TPSA) is 9.23 Å². The Balaban J connectivity index is 1.30. The molecule has 4 bridgehead atoms. The minimum absolute atomic E-state index is 0.645. The quantitative estimate of drug-likeness (QED) is 0.268.